The molecule has 0 unspecified atom stereocenters. The Hall–Kier alpha value is -7.97. The van der Waals surface area contributed by atoms with Crippen LogP contribution in [0.5, 0.6) is 11.5 Å². The molecule has 0 saturated carbocycles. The number of aromatic nitrogens is 1. The van der Waals surface area contributed by atoms with Gasteiger partial charge in [0.05, 0.1) is 31.4 Å². The lowest BCUT2D eigenvalue weighted by atomic mass is 9.44. The minimum atomic E-state index is -0.184. The number of hydrogen-bond donors (Lipinski definition) is 0. The number of para-hydroxylation sites is 3. The molecule has 0 spiro atoms. The quantitative estimate of drug-likeness (QED) is 0.160. The molecule has 7 heteroatoms. The van der Waals surface area contributed by atoms with E-state index in [4.69, 9.17) is 4.74 Å². The van der Waals surface area contributed by atoms with Gasteiger partial charge in [-0.15, -0.1) is 11.3 Å². The van der Waals surface area contributed by atoms with Crippen molar-refractivity contribution in [2.75, 3.05) is 9.80 Å². The number of benzene rings is 10. The Kier molecular flexibility index (Phi) is 8.79. The number of hydrogen-bond acceptors (Lipinski definition) is 5. The zero-order valence-electron chi connectivity index (χ0n) is 39.4. The maximum Gasteiger partial charge on any atom is 0.333 e. The molecular formula is C64H44BN3OS2. The predicted molar refractivity (Wildman–Crippen MR) is 302 cm³/mol. The fraction of sp³-hybridized carbons (Fsp3) is 0.0625. The van der Waals surface area contributed by atoms with Gasteiger partial charge in [-0.25, -0.2) is 0 Å². The molecule has 10 aromatic carbocycles. The highest BCUT2D eigenvalue weighted by Gasteiger charge is 2.46. The first-order valence-corrected chi connectivity index (χ1v) is 26.1. The van der Waals surface area contributed by atoms with Gasteiger partial charge in [-0.2, -0.15) is 0 Å². The Labute approximate surface area is 421 Å². The summed E-state index contributed by atoms with van der Waals surface area (Å²) in [4.78, 5) is 7.28. The molecule has 0 fully saturated rings. The van der Waals surface area contributed by atoms with Gasteiger partial charge < -0.3 is 19.0 Å². The molecule has 12 aromatic rings. The second-order valence-corrected chi connectivity index (χ2v) is 22.2. The molecule has 0 atom stereocenters. The maximum absolute atomic E-state index is 6.97. The van der Waals surface area contributed by atoms with Gasteiger partial charge in [0.15, 0.2) is 0 Å². The van der Waals surface area contributed by atoms with Crippen LogP contribution in [0.1, 0.15) is 26.3 Å². The summed E-state index contributed by atoms with van der Waals surface area (Å²) >= 11 is 3.71. The van der Waals surface area contributed by atoms with Gasteiger partial charge in [-0.3, -0.25) is 0 Å². The van der Waals surface area contributed by atoms with Crippen LogP contribution in [0.25, 0.3) is 64.2 Å². The Bertz CT molecular complexity index is 4140. The van der Waals surface area contributed by atoms with E-state index in [9.17, 15) is 0 Å². The van der Waals surface area contributed by atoms with E-state index in [1.165, 1.54) is 86.4 Å². The van der Waals surface area contributed by atoms with E-state index in [1.807, 2.05) is 11.3 Å². The first-order valence-electron chi connectivity index (χ1n) is 24.4. The Morgan fingerprint density at radius 2 is 1.20 bits per heavy atom. The van der Waals surface area contributed by atoms with Crippen molar-refractivity contribution in [2.45, 2.75) is 36.0 Å². The summed E-state index contributed by atoms with van der Waals surface area (Å²) in [6, 6.07) is 78.6. The third kappa shape index (κ3) is 6.06. The van der Waals surface area contributed by atoms with Crippen LogP contribution < -0.4 is 25.5 Å². The van der Waals surface area contributed by atoms with E-state index in [2.05, 4.69) is 247 Å². The van der Waals surface area contributed by atoms with Crippen LogP contribution in [0.15, 0.2) is 222 Å². The number of thiophene rings is 1. The highest BCUT2D eigenvalue weighted by molar-refractivity contribution is 7.99. The van der Waals surface area contributed by atoms with Gasteiger partial charge in [0, 0.05) is 60.3 Å². The summed E-state index contributed by atoms with van der Waals surface area (Å²) in [7, 11) is 0. The van der Waals surface area contributed by atoms with Gasteiger partial charge in [-0.1, -0.05) is 160 Å². The summed E-state index contributed by atoms with van der Waals surface area (Å²) in [5.74, 6) is 1.79. The van der Waals surface area contributed by atoms with Crippen LogP contribution in [-0.4, -0.2) is 11.3 Å². The summed E-state index contributed by atoms with van der Waals surface area (Å²) in [6.45, 7) is 6.76. The smallest absolute Gasteiger partial charge is 0.333 e. The van der Waals surface area contributed by atoms with Gasteiger partial charge in [0.1, 0.15) is 11.5 Å². The van der Waals surface area contributed by atoms with Crippen LogP contribution in [0.4, 0.5) is 34.1 Å². The Morgan fingerprint density at radius 1 is 0.507 bits per heavy atom. The molecule has 3 aliphatic rings. The van der Waals surface area contributed by atoms with Crippen molar-refractivity contribution in [3.63, 3.8) is 0 Å². The average Bonchev–Trinajstić information content (AvgIpc) is 3.94. The fourth-order valence-corrected chi connectivity index (χ4v) is 13.9. The highest BCUT2D eigenvalue weighted by Crippen LogP contribution is 2.56. The van der Waals surface area contributed by atoms with Crippen molar-refractivity contribution < 1.29 is 4.74 Å². The van der Waals surface area contributed by atoms with Crippen molar-refractivity contribution >= 4 is 117 Å². The van der Waals surface area contributed by atoms with Gasteiger partial charge in [0.25, 0.3) is 0 Å². The molecule has 5 heterocycles. The molecular weight excluding hydrogens is 902 g/mol. The highest BCUT2D eigenvalue weighted by atomic mass is 32.2. The van der Waals surface area contributed by atoms with Crippen LogP contribution in [-0.2, 0) is 5.41 Å². The lowest BCUT2D eigenvalue weighted by Gasteiger charge is -2.42. The summed E-state index contributed by atoms with van der Waals surface area (Å²) < 4.78 is 12.3. The van der Waals surface area contributed by atoms with Gasteiger partial charge in [0.2, 0.25) is 0 Å². The molecule has 0 amide bonds. The Balaban J connectivity index is 1.12. The molecule has 15 rings (SSSR count). The minimum absolute atomic E-state index is 0.0602. The molecule has 2 aromatic heterocycles. The zero-order valence-corrected chi connectivity index (χ0v) is 41.0. The van der Waals surface area contributed by atoms with Crippen molar-refractivity contribution in [1.29, 1.82) is 0 Å². The first-order chi connectivity index (χ1) is 34.9. The normalized spacial score (nSPS) is 13.3. The predicted octanol–water partition coefficient (Wildman–Crippen LogP) is 17.3. The number of rotatable bonds is 5. The lowest BCUT2D eigenvalue weighted by Crippen LogP contribution is -2.56. The molecule has 0 aliphatic carbocycles. The van der Waals surface area contributed by atoms with Crippen LogP contribution >= 0.6 is 23.1 Å². The molecule has 0 saturated heterocycles. The van der Waals surface area contributed by atoms with E-state index in [0.29, 0.717) is 0 Å². The van der Waals surface area contributed by atoms with Crippen molar-refractivity contribution in [3.8, 4) is 33.8 Å². The number of anilines is 6. The SMILES string of the molecule is CC(C)(C)c1ccc(N2c3cc4c(cc3B3c5c(cc6ccccc6c52)-c2cc(N(c5ccccc5)c5ccccc5)cc5c6sc7ccccc7c6n3c25)Oc2ccccc2S4)c(-c2ccccc2)c1. The Morgan fingerprint density at radius 3 is 1.97 bits per heavy atom. The van der Waals surface area contributed by atoms with Crippen LogP contribution in [0.2, 0.25) is 0 Å². The van der Waals surface area contributed by atoms with Crippen molar-refractivity contribution in [2.24, 2.45) is 0 Å². The zero-order chi connectivity index (χ0) is 47.1. The first kappa shape index (κ1) is 40.9. The third-order valence-electron chi connectivity index (χ3n) is 14.9. The topological polar surface area (TPSA) is 20.6 Å². The molecule has 336 valence electrons. The summed E-state index contributed by atoms with van der Waals surface area (Å²) in [5.41, 5.74) is 18.0. The number of fused-ring (bicyclic) bond motifs is 13. The standard InChI is InChI=1S/C64H44BN3OS2/c1-64(2,3)41-31-32-52(47(34-41)39-19-7-4-8-20-39)67-53-38-58-55(69-54-28-16-18-30-57(54)70-58)37-51(53)65-59-48(33-40-21-13-14-26-45(40)61(59)67)49-35-44(66(42-22-9-5-10-23-42)43-24-11-6-12-25-43)36-50-60(49)68(65)62-46-27-15-17-29-56(46)71-63(50)62/h4-38H,1-3H3. The van der Waals surface area contributed by atoms with E-state index < -0.39 is 0 Å². The minimum Gasteiger partial charge on any atom is -0.455 e. The van der Waals surface area contributed by atoms with E-state index in [1.54, 1.807) is 11.8 Å². The molecule has 0 bridgehead atoms. The number of ether oxygens (including phenoxy) is 1. The van der Waals surface area contributed by atoms with Crippen LogP contribution in [0, 0.1) is 0 Å². The molecule has 0 radical (unpaired) electrons. The van der Waals surface area contributed by atoms with Gasteiger partial charge >= 0.3 is 6.85 Å². The monoisotopic (exact) mass is 945 g/mol. The van der Waals surface area contributed by atoms with E-state index in [0.717, 1.165) is 49.7 Å². The molecule has 4 nitrogen and oxygen atoms in total. The van der Waals surface area contributed by atoms with Crippen LogP contribution in [0.3, 0.4) is 0 Å². The molecule has 71 heavy (non-hydrogen) atoms. The van der Waals surface area contributed by atoms with Gasteiger partial charge in [-0.05, 0) is 123 Å². The summed E-state index contributed by atoms with van der Waals surface area (Å²) in [6.07, 6.45) is 0. The molecule has 3 aliphatic heterocycles. The maximum atomic E-state index is 6.97. The summed E-state index contributed by atoms with van der Waals surface area (Å²) in [5, 5.41) is 4.96. The lowest BCUT2D eigenvalue weighted by molar-refractivity contribution is 0.455. The fourth-order valence-electron chi connectivity index (χ4n) is 11.7. The number of nitrogens with zero attached hydrogens (tertiary/aromatic N) is 3. The second kappa shape index (κ2) is 15.3. The average molecular weight is 946 g/mol. The van der Waals surface area contributed by atoms with Crippen molar-refractivity contribution in [1.82, 2.24) is 4.48 Å². The third-order valence-corrected chi connectivity index (χ3v) is 17.2. The van der Waals surface area contributed by atoms with Crippen molar-refractivity contribution in [3.05, 3.63) is 218 Å². The second-order valence-electron chi connectivity index (χ2n) is 20.0. The van der Waals surface area contributed by atoms with E-state index >= 15 is 0 Å². The largest absolute Gasteiger partial charge is 0.455 e. The molecule has 0 N–H and O–H groups in total. The van der Waals surface area contributed by atoms with E-state index in [-0.39, 0.29) is 12.3 Å².